The predicted molar refractivity (Wildman–Crippen MR) is 221 cm³/mol. The maximum atomic E-state index is 6.46. The summed E-state index contributed by atoms with van der Waals surface area (Å²) >= 11 is 0. The lowest BCUT2D eigenvalue weighted by atomic mass is 9.81. The minimum atomic E-state index is -0.220. The van der Waals surface area contributed by atoms with Crippen LogP contribution in [0.5, 0.6) is 0 Å². The van der Waals surface area contributed by atoms with Crippen molar-refractivity contribution in [2.24, 2.45) is 0 Å². The van der Waals surface area contributed by atoms with E-state index in [-0.39, 0.29) is 5.41 Å². The van der Waals surface area contributed by atoms with E-state index < -0.39 is 0 Å². The van der Waals surface area contributed by atoms with E-state index in [9.17, 15) is 0 Å². The molecule has 0 aliphatic heterocycles. The molecular formula is C49H33N5O. The fourth-order valence-corrected chi connectivity index (χ4v) is 8.45. The summed E-state index contributed by atoms with van der Waals surface area (Å²) in [6, 6.07) is 56.6. The molecule has 0 atom stereocenters. The van der Waals surface area contributed by atoms with Gasteiger partial charge in [0.2, 0.25) is 5.89 Å². The van der Waals surface area contributed by atoms with E-state index in [1.54, 1.807) is 0 Å². The summed E-state index contributed by atoms with van der Waals surface area (Å²) < 4.78 is 8.86. The van der Waals surface area contributed by atoms with Crippen molar-refractivity contribution in [3.8, 4) is 62.4 Å². The zero-order valence-electron chi connectivity index (χ0n) is 30.2. The summed E-state index contributed by atoms with van der Waals surface area (Å²) in [5.74, 6) is 2.51. The van der Waals surface area contributed by atoms with Crippen LogP contribution in [0.4, 0.5) is 0 Å². The monoisotopic (exact) mass is 707 g/mol. The average Bonchev–Trinajstić information content (AvgIpc) is 3.88. The number of aromatic nitrogens is 5. The van der Waals surface area contributed by atoms with Crippen LogP contribution in [0.2, 0.25) is 0 Å². The van der Waals surface area contributed by atoms with E-state index in [0.29, 0.717) is 23.4 Å². The third-order valence-electron chi connectivity index (χ3n) is 11.1. The van der Waals surface area contributed by atoms with E-state index in [1.807, 2.05) is 91.0 Å². The Labute approximate surface area is 317 Å². The number of rotatable bonds is 5. The van der Waals surface area contributed by atoms with E-state index >= 15 is 0 Å². The van der Waals surface area contributed by atoms with Gasteiger partial charge in [-0.1, -0.05) is 129 Å². The van der Waals surface area contributed by atoms with Gasteiger partial charge in [-0.25, -0.2) is 19.9 Å². The second kappa shape index (κ2) is 11.9. The number of hydrogen-bond acceptors (Lipinski definition) is 5. The highest BCUT2D eigenvalue weighted by atomic mass is 16.3. The molecule has 3 aromatic heterocycles. The van der Waals surface area contributed by atoms with Gasteiger partial charge in [0.1, 0.15) is 5.52 Å². The second-order valence-corrected chi connectivity index (χ2v) is 14.7. The molecule has 0 unspecified atom stereocenters. The molecule has 1 aliphatic rings. The fourth-order valence-electron chi connectivity index (χ4n) is 8.45. The second-order valence-electron chi connectivity index (χ2n) is 14.7. The van der Waals surface area contributed by atoms with E-state index in [2.05, 4.69) is 91.2 Å². The normalized spacial score (nSPS) is 13.1. The standard InChI is InChI=1S/C49H33N5O/c1-49(2)39-21-13-12-20-35(39)36-26-27-37-38-28-40-42(55-48(50-40)33-18-10-5-11-19-33)29-41(38)54(44(37)43(36)49)34-24-22-32(23-25-34)47-52-45(30-14-6-3-7-15-30)51-46(53-47)31-16-8-4-9-17-31/h3-29H,1-2H3. The first-order chi connectivity index (χ1) is 27.0. The fraction of sp³-hybridized carbons (Fsp3) is 0.0612. The van der Waals surface area contributed by atoms with Gasteiger partial charge in [0, 0.05) is 50.2 Å². The van der Waals surface area contributed by atoms with Crippen LogP contribution in [0.25, 0.3) is 95.3 Å². The Balaban J connectivity index is 1.13. The van der Waals surface area contributed by atoms with Gasteiger partial charge in [-0.3, -0.25) is 0 Å². The molecule has 11 rings (SSSR count). The molecule has 7 aromatic carbocycles. The number of benzene rings is 7. The quantitative estimate of drug-likeness (QED) is 0.178. The highest BCUT2D eigenvalue weighted by molar-refractivity contribution is 6.15. The number of hydrogen-bond donors (Lipinski definition) is 0. The smallest absolute Gasteiger partial charge is 0.227 e. The van der Waals surface area contributed by atoms with Gasteiger partial charge in [-0.05, 0) is 64.7 Å². The lowest BCUT2D eigenvalue weighted by Crippen LogP contribution is -2.16. The van der Waals surface area contributed by atoms with Gasteiger partial charge in [0.05, 0.1) is 11.0 Å². The highest BCUT2D eigenvalue weighted by Gasteiger charge is 2.38. The molecule has 0 N–H and O–H groups in total. The van der Waals surface area contributed by atoms with Crippen molar-refractivity contribution in [3.63, 3.8) is 0 Å². The predicted octanol–water partition coefficient (Wildman–Crippen LogP) is 12.1. The first-order valence-corrected chi connectivity index (χ1v) is 18.6. The summed E-state index contributed by atoms with van der Waals surface area (Å²) in [5.41, 5.74) is 13.6. The van der Waals surface area contributed by atoms with Crippen molar-refractivity contribution >= 4 is 32.9 Å². The minimum Gasteiger partial charge on any atom is -0.436 e. The van der Waals surface area contributed by atoms with Crippen LogP contribution >= 0.6 is 0 Å². The first-order valence-electron chi connectivity index (χ1n) is 18.6. The first kappa shape index (κ1) is 31.4. The molecule has 260 valence electrons. The largest absolute Gasteiger partial charge is 0.436 e. The van der Waals surface area contributed by atoms with Crippen molar-refractivity contribution in [2.45, 2.75) is 19.3 Å². The summed E-state index contributed by atoms with van der Waals surface area (Å²) in [4.78, 5) is 19.8. The van der Waals surface area contributed by atoms with Crippen molar-refractivity contribution in [3.05, 3.63) is 175 Å². The Bertz CT molecular complexity index is 3030. The number of oxazole rings is 1. The molecule has 0 amide bonds. The Morgan fingerprint density at radius 1 is 0.491 bits per heavy atom. The third-order valence-corrected chi connectivity index (χ3v) is 11.1. The van der Waals surface area contributed by atoms with Crippen LogP contribution in [-0.4, -0.2) is 24.5 Å². The summed E-state index contributed by atoms with van der Waals surface area (Å²) in [6.07, 6.45) is 0. The van der Waals surface area contributed by atoms with Crippen molar-refractivity contribution in [2.75, 3.05) is 0 Å². The molecule has 0 saturated carbocycles. The zero-order valence-corrected chi connectivity index (χ0v) is 30.2. The third kappa shape index (κ3) is 4.88. The topological polar surface area (TPSA) is 69.6 Å². The van der Waals surface area contributed by atoms with Gasteiger partial charge in [0.15, 0.2) is 23.1 Å². The van der Waals surface area contributed by atoms with Crippen molar-refractivity contribution in [1.82, 2.24) is 24.5 Å². The number of nitrogens with zero attached hydrogens (tertiary/aromatic N) is 5. The van der Waals surface area contributed by atoms with Gasteiger partial charge in [-0.15, -0.1) is 0 Å². The Morgan fingerprint density at radius 3 is 1.69 bits per heavy atom. The van der Waals surface area contributed by atoms with Crippen molar-refractivity contribution < 1.29 is 4.42 Å². The SMILES string of the molecule is CC1(C)c2ccccc2-c2ccc3c4cc5nc(-c6ccccc6)oc5cc4n(-c4ccc(-c5nc(-c6ccccc6)nc(-c6ccccc6)n5)cc4)c3c21. The molecule has 0 fully saturated rings. The van der Waals surface area contributed by atoms with Crippen LogP contribution in [0, 0.1) is 0 Å². The Morgan fingerprint density at radius 2 is 1.05 bits per heavy atom. The lowest BCUT2D eigenvalue weighted by Gasteiger charge is -2.23. The molecule has 0 radical (unpaired) electrons. The summed E-state index contributed by atoms with van der Waals surface area (Å²) in [5, 5.41) is 2.31. The van der Waals surface area contributed by atoms with Crippen LogP contribution in [0.3, 0.4) is 0 Å². The van der Waals surface area contributed by atoms with Gasteiger partial charge in [0.25, 0.3) is 0 Å². The minimum absolute atomic E-state index is 0.220. The van der Waals surface area contributed by atoms with Crippen molar-refractivity contribution in [1.29, 1.82) is 0 Å². The molecule has 6 heteroatoms. The van der Waals surface area contributed by atoms with E-state index in [4.69, 9.17) is 24.4 Å². The summed E-state index contributed by atoms with van der Waals surface area (Å²) in [6.45, 7) is 4.69. The molecule has 3 heterocycles. The van der Waals surface area contributed by atoms with Crippen LogP contribution < -0.4 is 0 Å². The Hall–Kier alpha value is -7.18. The summed E-state index contributed by atoms with van der Waals surface area (Å²) in [7, 11) is 0. The maximum Gasteiger partial charge on any atom is 0.227 e. The average molecular weight is 708 g/mol. The van der Waals surface area contributed by atoms with Crippen LogP contribution in [0.1, 0.15) is 25.0 Å². The van der Waals surface area contributed by atoms with Gasteiger partial charge >= 0.3 is 0 Å². The van der Waals surface area contributed by atoms with E-state index in [1.165, 1.54) is 33.2 Å². The van der Waals surface area contributed by atoms with Gasteiger partial charge < -0.3 is 8.98 Å². The molecule has 55 heavy (non-hydrogen) atoms. The highest BCUT2D eigenvalue weighted by Crippen LogP contribution is 2.53. The van der Waals surface area contributed by atoms with Gasteiger partial charge in [-0.2, -0.15) is 0 Å². The molecule has 6 nitrogen and oxygen atoms in total. The van der Waals surface area contributed by atoms with E-state index in [0.717, 1.165) is 49.9 Å². The molecule has 10 aromatic rings. The van der Waals surface area contributed by atoms with Crippen LogP contribution in [-0.2, 0) is 5.41 Å². The molecule has 1 aliphatic carbocycles. The van der Waals surface area contributed by atoms with Crippen LogP contribution in [0.15, 0.2) is 168 Å². The lowest BCUT2D eigenvalue weighted by molar-refractivity contribution is 0.620. The maximum absolute atomic E-state index is 6.46. The number of fused-ring (bicyclic) bond motifs is 8. The molecule has 0 bridgehead atoms. The molecule has 0 saturated heterocycles. The molecular weight excluding hydrogens is 675 g/mol. The zero-order chi connectivity index (χ0) is 36.7. The Kier molecular flexibility index (Phi) is 6.79. The molecule has 0 spiro atoms.